The van der Waals surface area contributed by atoms with E-state index in [1.54, 1.807) is 11.3 Å². The number of rotatable bonds is 3. The van der Waals surface area contributed by atoms with Gasteiger partial charge in [0.25, 0.3) is 0 Å². The number of thiazole rings is 1. The molecule has 1 fully saturated rings. The van der Waals surface area contributed by atoms with E-state index in [2.05, 4.69) is 10.4 Å². The van der Waals surface area contributed by atoms with Gasteiger partial charge in [-0.2, -0.15) is 11.8 Å². The molecule has 2 nitrogen and oxygen atoms in total. The molecule has 2 heterocycles. The third kappa shape index (κ3) is 2.74. The molecule has 0 amide bonds. The molecule has 1 saturated heterocycles. The molecular weight excluding hydrogens is 226 g/mol. The van der Waals surface area contributed by atoms with E-state index < -0.39 is 0 Å². The molecular formula is C11H17NOS2. The van der Waals surface area contributed by atoms with Crippen LogP contribution < -0.4 is 0 Å². The third-order valence-corrected chi connectivity index (χ3v) is 5.07. The predicted molar refractivity (Wildman–Crippen MR) is 66.9 cm³/mol. The van der Waals surface area contributed by atoms with Gasteiger partial charge in [0.1, 0.15) is 0 Å². The van der Waals surface area contributed by atoms with Crippen LogP contribution >= 0.6 is 23.1 Å². The Morgan fingerprint density at radius 3 is 3.20 bits per heavy atom. The molecule has 2 rings (SSSR count). The molecule has 2 unspecified atom stereocenters. The van der Waals surface area contributed by atoms with E-state index in [4.69, 9.17) is 5.11 Å². The fourth-order valence-electron chi connectivity index (χ4n) is 1.74. The fourth-order valence-corrected chi connectivity index (χ4v) is 4.07. The summed E-state index contributed by atoms with van der Waals surface area (Å²) < 4.78 is 0. The number of thioether (sulfide) groups is 1. The minimum atomic E-state index is 0.186. The Kier molecular flexibility index (Phi) is 4.05. The second kappa shape index (κ2) is 5.32. The standard InChI is InChI=1S/C11H17NOS2/c1-8(5-13)10-7-15-11(12-10)9-3-2-4-14-6-9/h7-9,13H,2-6H2,1H3. The summed E-state index contributed by atoms with van der Waals surface area (Å²) in [5.74, 6) is 3.38. The van der Waals surface area contributed by atoms with Gasteiger partial charge in [-0.15, -0.1) is 11.3 Å². The highest BCUT2D eigenvalue weighted by Crippen LogP contribution is 2.33. The minimum Gasteiger partial charge on any atom is -0.396 e. The molecule has 84 valence electrons. The molecule has 0 bridgehead atoms. The van der Waals surface area contributed by atoms with Gasteiger partial charge in [-0.25, -0.2) is 4.98 Å². The molecule has 0 aliphatic carbocycles. The average Bonchev–Trinajstić information content (AvgIpc) is 2.78. The lowest BCUT2D eigenvalue weighted by Gasteiger charge is -2.18. The smallest absolute Gasteiger partial charge is 0.0967 e. The van der Waals surface area contributed by atoms with E-state index in [1.807, 2.05) is 18.7 Å². The quantitative estimate of drug-likeness (QED) is 0.886. The monoisotopic (exact) mass is 243 g/mol. The SMILES string of the molecule is CC(CO)c1csc(C2CCCSC2)n1. The van der Waals surface area contributed by atoms with Gasteiger partial charge in [0.05, 0.1) is 17.3 Å². The lowest BCUT2D eigenvalue weighted by Crippen LogP contribution is -2.09. The van der Waals surface area contributed by atoms with Crippen molar-refractivity contribution in [1.82, 2.24) is 4.98 Å². The molecule has 2 atom stereocenters. The highest BCUT2D eigenvalue weighted by atomic mass is 32.2. The van der Waals surface area contributed by atoms with Gasteiger partial charge in [0.2, 0.25) is 0 Å². The summed E-state index contributed by atoms with van der Waals surface area (Å²) in [6.45, 7) is 2.22. The maximum atomic E-state index is 9.07. The Hall–Kier alpha value is -0.0600. The van der Waals surface area contributed by atoms with Crippen LogP contribution in [0.5, 0.6) is 0 Å². The summed E-state index contributed by atoms with van der Waals surface area (Å²) in [6, 6.07) is 0. The highest BCUT2D eigenvalue weighted by molar-refractivity contribution is 7.99. The van der Waals surface area contributed by atoms with Gasteiger partial charge < -0.3 is 5.11 Å². The number of nitrogens with zero attached hydrogens (tertiary/aromatic N) is 1. The first-order valence-electron chi connectivity index (χ1n) is 5.45. The topological polar surface area (TPSA) is 33.1 Å². The molecule has 1 aromatic rings. The zero-order chi connectivity index (χ0) is 10.7. The van der Waals surface area contributed by atoms with Crippen molar-refractivity contribution in [2.45, 2.75) is 31.6 Å². The maximum absolute atomic E-state index is 9.07. The first kappa shape index (κ1) is 11.4. The van der Waals surface area contributed by atoms with E-state index in [-0.39, 0.29) is 12.5 Å². The van der Waals surface area contributed by atoms with E-state index >= 15 is 0 Å². The van der Waals surface area contributed by atoms with Crippen molar-refractivity contribution in [1.29, 1.82) is 0 Å². The van der Waals surface area contributed by atoms with Crippen molar-refractivity contribution in [2.24, 2.45) is 0 Å². The van der Waals surface area contributed by atoms with Crippen molar-refractivity contribution in [2.75, 3.05) is 18.1 Å². The molecule has 1 aromatic heterocycles. The second-order valence-electron chi connectivity index (χ2n) is 4.11. The summed E-state index contributed by atoms with van der Waals surface area (Å²) in [7, 11) is 0. The van der Waals surface area contributed by atoms with Crippen LogP contribution in [0.15, 0.2) is 5.38 Å². The molecule has 15 heavy (non-hydrogen) atoms. The fraction of sp³-hybridized carbons (Fsp3) is 0.727. The van der Waals surface area contributed by atoms with E-state index in [9.17, 15) is 0 Å². The summed E-state index contributed by atoms with van der Waals surface area (Å²) >= 11 is 3.80. The summed E-state index contributed by atoms with van der Waals surface area (Å²) in [5, 5.41) is 12.5. The Morgan fingerprint density at radius 2 is 2.53 bits per heavy atom. The lowest BCUT2D eigenvalue weighted by atomic mass is 10.1. The summed E-state index contributed by atoms with van der Waals surface area (Å²) in [6.07, 6.45) is 2.60. The first-order valence-corrected chi connectivity index (χ1v) is 7.48. The Morgan fingerprint density at radius 1 is 1.67 bits per heavy atom. The highest BCUT2D eigenvalue weighted by Gasteiger charge is 2.20. The second-order valence-corrected chi connectivity index (χ2v) is 6.15. The van der Waals surface area contributed by atoms with E-state index in [0.717, 1.165) is 5.69 Å². The summed E-state index contributed by atoms with van der Waals surface area (Å²) in [5.41, 5.74) is 1.06. The van der Waals surface area contributed by atoms with Crippen LogP contribution in [0.1, 0.15) is 42.3 Å². The normalized spacial score (nSPS) is 24.0. The molecule has 0 saturated carbocycles. The molecule has 1 aliphatic rings. The number of hydrogen-bond donors (Lipinski definition) is 1. The van der Waals surface area contributed by atoms with Crippen molar-refractivity contribution < 1.29 is 5.11 Å². The van der Waals surface area contributed by atoms with Crippen LogP contribution in [-0.2, 0) is 0 Å². The van der Waals surface area contributed by atoms with Gasteiger partial charge in [0.15, 0.2) is 0 Å². The van der Waals surface area contributed by atoms with Crippen LogP contribution in [0.4, 0.5) is 0 Å². The molecule has 4 heteroatoms. The average molecular weight is 243 g/mol. The van der Waals surface area contributed by atoms with E-state index in [1.165, 1.54) is 29.4 Å². The molecule has 1 N–H and O–H groups in total. The Labute approximate surface area is 99.1 Å². The summed E-state index contributed by atoms with van der Waals surface area (Å²) in [4.78, 5) is 4.65. The first-order chi connectivity index (χ1) is 7.31. The van der Waals surface area contributed by atoms with Gasteiger partial charge in [0, 0.05) is 23.0 Å². The van der Waals surface area contributed by atoms with Crippen LogP contribution in [0.3, 0.4) is 0 Å². The molecule has 0 spiro atoms. The largest absolute Gasteiger partial charge is 0.396 e. The van der Waals surface area contributed by atoms with Gasteiger partial charge in [-0.05, 0) is 18.6 Å². The number of aliphatic hydroxyl groups excluding tert-OH is 1. The minimum absolute atomic E-state index is 0.186. The maximum Gasteiger partial charge on any atom is 0.0967 e. The van der Waals surface area contributed by atoms with Crippen molar-refractivity contribution in [3.8, 4) is 0 Å². The zero-order valence-electron chi connectivity index (χ0n) is 8.98. The molecule has 0 radical (unpaired) electrons. The van der Waals surface area contributed by atoms with Crippen molar-refractivity contribution in [3.63, 3.8) is 0 Å². The van der Waals surface area contributed by atoms with Crippen molar-refractivity contribution in [3.05, 3.63) is 16.1 Å². The third-order valence-electron chi connectivity index (χ3n) is 2.83. The van der Waals surface area contributed by atoms with Gasteiger partial charge in [-0.3, -0.25) is 0 Å². The number of hydrogen-bond acceptors (Lipinski definition) is 4. The van der Waals surface area contributed by atoms with Crippen LogP contribution in [0.25, 0.3) is 0 Å². The predicted octanol–water partition coefficient (Wildman–Crippen LogP) is 2.85. The van der Waals surface area contributed by atoms with E-state index in [0.29, 0.717) is 5.92 Å². The van der Waals surface area contributed by atoms with Crippen molar-refractivity contribution >= 4 is 23.1 Å². The lowest BCUT2D eigenvalue weighted by molar-refractivity contribution is 0.271. The zero-order valence-corrected chi connectivity index (χ0v) is 10.6. The molecule has 1 aliphatic heterocycles. The Balaban J connectivity index is 2.05. The van der Waals surface area contributed by atoms with Crippen LogP contribution in [-0.4, -0.2) is 28.2 Å². The molecule has 0 aromatic carbocycles. The van der Waals surface area contributed by atoms with Crippen LogP contribution in [0, 0.1) is 0 Å². The number of aliphatic hydroxyl groups is 1. The van der Waals surface area contributed by atoms with Gasteiger partial charge >= 0.3 is 0 Å². The Bertz CT molecular complexity index is 307. The number of aromatic nitrogens is 1. The van der Waals surface area contributed by atoms with Gasteiger partial charge in [-0.1, -0.05) is 6.92 Å². The van der Waals surface area contributed by atoms with Crippen LogP contribution in [0.2, 0.25) is 0 Å².